The largest absolute Gasteiger partial charge is 0.358 e. The number of aromatic nitrogens is 1. The first-order valence-corrected chi connectivity index (χ1v) is 10.1. The second-order valence-corrected chi connectivity index (χ2v) is 10.0. The third-order valence-corrected chi connectivity index (χ3v) is 7.15. The first-order chi connectivity index (χ1) is 11.2. The lowest BCUT2D eigenvalue weighted by Gasteiger charge is -2.26. The molecule has 4 nitrogen and oxygen atoms in total. The zero-order chi connectivity index (χ0) is 17.5. The average molecular weight is 363 g/mol. The van der Waals surface area contributed by atoms with Crippen molar-refractivity contribution in [3.8, 4) is 0 Å². The van der Waals surface area contributed by atoms with Crippen LogP contribution < -0.4 is 4.72 Å². The van der Waals surface area contributed by atoms with Crippen LogP contribution in [0.5, 0.6) is 0 Å². The lowest BCUT2D eigenvalue weighted by atomic mass is 9.83. The molecule has 0 spiro atoms. The zero-order valence-corrected chi connectivity index (χ0v) is 15.9. The number of para-hydroxylation sites is 1. The van der Waals surface area contributed by atoms with Gasteiger partial charge in [-0.2, -0.15) is 0 Å². The number of aryl methyl sites for hydroxylation is 2. The molecule has 3 aromatic rings. The Labute approximate surface area is 147 Å². The average Bonchev–Trinajstić information content (AvgIpc) is 3.08. The molecule has 1 aromatic carbocycles. The fourth-order valence-corrected chi connectivity index (χ4v) is 5.68. The predicted molar refractivity (Wildman–Crippen MR) is 100 cm³/mol. The van der Waals surface area contributed by atoms with Gasteiger partial charge in [0, 0.05) is 33.4 Å². The molecule has 0 saturated heterocycles. The Hall–Kier alpha value is -1.63. The second-order valence-electron chi connectivity index (χ2n) is 6.74. The maximum Gasteiger partial charge on any atom is 0.250 e. The number of sulfonamides is 1. The molecule has 6 heteroatoms. The van der Waals surface area contributed by atoms with E-state index in [9.17, 15) is 8.42 Å². The first-order valence-electron chi connectivity index (χ1n) is 7.84. The van der Waals surface area contributed by atoms with Gasteiger partial charge in [-0.15, -0.1) is 11.3 Å². The van der Waals surface area contributed by atoms with E-state index in [0.717, 1.165) is 27.0 Å². The van der Waals surface area contributed by atoms with E-state index in [4.69, 9.17) is 0 Å². The van der Waals surface area contributed by atoms with Crippen molar-refractivity contribution in [3.63, 3.8) is 0 Å². The molecule has 0 radical (unpaired) electrons. The van der Waals surface area contributed by atoms with E-state index in [1.807, 2.05) is 38.1 Å². The van der Waals surface area contributed by atoms with Crippen molar-refractivity contribution in [2.75, 3.05) is 6.54 Å². The first kappa shape index (κ1) is 17.2. The van der Waals surface area contributed by atoms with Gasteiger partial charge in [-0.1, -0.05) is 32.0 Å². The van der Waals surface area contributed by atoms with Gasteiger partial charge in [-0.05, 0) is 37.6 Å². The highest BCUT2D eigenvalue weighted by Gasteiger charge is 2.29. The summed E-state index contributed by atoms with van der Waals surface area (Å²) in [5.74, 6) is 0. The lowest BCUT2D eigenvalue weighted by Crippen LogP contribution is -2.36. The topological polar surface area (TPSA) is 62.0 Å². The van der Waals surface area contributed by atoms with E-state index >= 15 is 0 Å². The highest BCUT2D eigenvalue weighted by molar-refractivity contribution is 7.91. The van der Waals surface area contributed by atoms with Crippen LogP contribution in [-0.2, 0) is 15.4 Å². The maximum atomic E-state index is 12.5. The third-order valence-electron chi connectivity index (χ3n) is 4.26. The number of aromatic amines is 1. The van der Waals surface area contributed by atoms with Gasteiger partial charge < -0.3 is 4.98 Å². The van der Waals surface area contributed by atoms with Crippen LogP contribution in [0.3, 0.4) is 0 Å². The minimum atomic E-state index is -3.47. The van der Waals surface area contributed by atoms with Crippen molar-refractivity contribution >= 4 is 32.3 Å². The summed E-state index contributed by atoms with van der Waals surface area (Å²) in [5.41, 5.74) is 2.98. The lowest BCUT2D eigenvalue weighted by molar-refractivity contribution is 0.503. The monoisotopic (exact) mass is 362 g/mol. The maximum absolute atomic E-state index is 12.5. The van der Waals surface area contributed by atoms with Gasteiger partial charge in [-0.25, -0.2) is 13.1 Å². The number of nitrogens with one attached hydrogen (secondary N) is 2. The molecule has 0 fully saturated rings. The second kappa shape index (κ2) is 6.02. The van der Waals surface area contributed by atoms with Gasteiger partial charge in [-0.3, -0.25) is 0 Å². The zero-order valence-electron chi connectivity index (χ0n) is 14.3. The van der Waals surface area contributed by atoms with Crippen molar-refractivity contribution in [3.05, 3.63) is 52.5 Å². The molecule has 0 aliphatic heterocycles. The van der Waals surface area contributed by atoms with Crippen LogP contribution in [0.2, 0.25) is 0 Å². The summed E-state index contributed by atoms with van der Waals surface area (Å²) >= 11 is 1.29. The standard InChI is InChI=1S/C18H22N2O2S2/c1-12-9-10-16(23-12)24(21,22)19-11-18(3,4)17-13(2)20-15-8-6-5-7-14(15)17/h5-10,19-20H,11H2,1-4H3. The number of rotatable bonds is 5. The SMILES string of the molecule is Cc1ccc(S(=O)(=O)NCC(C)(C)c2c(C)[nH]c3ccccc23)s1. The fourth-order valence-electron chi connectivity index (χ4n) is 3.14. The van der Waals surface area contributed by atoms with E-state index in [0.29, 0.717) is 10.8 Å². The molecule has 3 rings (SSSR count). The van der Waals surface area contributed by atoms with Gasteiger partial charge in [0.05, 0.1) is 0 Å². The van der Waals surface area contributed by atoms with E-state index in [2.05, 4.69) is 29.6 Å². The number of hydrogen-bond acceptors (Lipinski definition) is 3. The Morgan fingerprint density at radius 2 is 1.83 bits per heavy atom. The van der Waals surface area contributed by atoms with Crippen molar-refractivity contribution in [2.45, 2.75) is 37.3 Å². The number of benzene rings is 1. The molecule has 2 aromatic heterocycles. The molecule has 128 valence electrons. The molecule has 0 aliphatic rings. The van der Waals surface area contributed by atoms with Gasteiger partial charge in [0.25, 0.3) is 0 Å². The van der Waals surface area contributed by atoms with Crippen LogP contribution in [-0.4, -0.2) is 19.9 Å². The smallest absolute Gasteiger partial charge is 0.250 e. The summed E-state index contributed by atoms with van der Waals surface area (Å²) in [5, 5.41) is 1.14. The molecule has 0 bridgehead atoms. The van der Waals surface area contributed by atoms with E-state index in [-0.39, 0.29) is 5.41 Å². The number of thiophene rings is 1. The van der Waals surface area contributed by atoms with Crippen LogP contribution in [0, 0.1) is 13.8 Å². The van der Waals surface area contributed by atoms with Crippen LogP contribution in [0.25, 0.3) is 10.9 Å². The summed E-state index contributed by atoms with van der Waals surface area (Å²) in [7, 11) is -3.47. The minimum absolute atomic E-state index is 0.330. The van der Waals surface area contributed by atoms with Gasteiger partial charge in [0.1, 0.15) is 4.21 Å². The van der Waals surface area contributed by atoms with Crippen molar-refractivity contribution in [2.24, 2.45) is 0 Å². The van der Waals surface area contributed by atoms with Crippen molar-refractivity contribution in [1.29, 1.82) is 0 Å². The summed E-state index contributed by atoms with van der Waals surface area (Å²) < 4.78 is 28.1. The van der Waals surface area contributed by atoms with Crippen LogP contribution in [0.4, 0.5) is 0 Å². The third kappa shape index (κ3) is 3.14. The highest BCUT2D eigenvalue weighted by atomic mass is 32.2. The molecule has 0 aliphatic carbocycles. The van der Waals surface area contributed by atoms with Crippen molar-refractivity contribution < 1.29 is 8.42 Å². The Morgan fingerprint density at radius 3 is 2.50 bits per heavy atom. The predicted octanol–water partition coefficient (Wildman–Crippen LogP) is 4.10. The number of fused-ring (bicyclic) bond motifs is 1. The molecule has 24 heavy (non-hydrogen) atoms. The quantitative estimate of drug-likeness (QED) is 0.718. The molecule has 0 amide bonds. The van der Waals surface area contributed by atoms with Crippen LogP contribution in [0.15, 0.2) is 40.6 Å². The van der Waals surface area contributed by atoms with E-state index in [1.54, 1.807) is 6.07 Å². The van der Waals surface area contributed by atoms with E-state index in [1.165, 1.54) is 11.3 Å². The molecule has 2 heterocycles. The summed E-state index contributed by atoms with van der Waals surface area (Å²) in [6.07, 6.45) is 0. The molecule has 0 saturated carbocycles. The number of hydrogen-bond donors (Lipinski definition) is 2. The van der Waals surface area contributed by atoms with Gasteiger partial charge >= 0.3 is 0 Å². The molecular weight excluding hydrogens is 340 g/mol. The number of H-pyrrole nitrogens is 1. The summed E-state index contributed by atoms with van der Waals surface area (Å²) in [6.45, 7) is 8.42. The molecule has 0 atom stereocenters. The highest BCUT2D eigenvalue weighted by Crippen LogP contribution is 2.33. The Bertz CT molecular complexity index is 982. The molecule has 0 unspecified atom stereocenters. The minimum Gasteiger partial charge on any atom is -0.358 e. The summed E-state index contributed by atoms with van der Waals surface area (Å²) in [4.78, 5) is 4.38. The Kier molecular flexibility index (Phi) is 4.32. The van der Waals surface area contributed by atoms with Crippen molar-refractivity contribution in [1.82, 2.24) is 9.71 Å². The normalized spacial score (nSPS) is 12.8. The Morgan fingerprint density at radius 1 is 1.12 bits per heavy atom. The van der Waals surface area contributed by atoms with E-state index < -0.39 is 10.0 Å². The molecular formula is C18H22N2O2S2. The molecule has 2 N–H and O–H groups in total. The summed E-state index contributed by atoms with van der Waals surface area (Å²) in [6, 6.07) is 11.6. The Balaban J connectivity index is 1.89. The van der Waals surface area contributed by atoms with Gasteiger partial charge in [0.15, 0.2) is 0 Å². The fraction of sp³-hybridized carbons (Fsp3) is 0.333. The van der Waals surface area contributed by atoms with Gasteiger partial charge in [0.2, 0.25) is 10.0 Å². The van der Waals surface area contributed by atoms with Crippen LogP contribution >= 0.6 is 11.3 Å². The van der Waals surface area contributed by atoms with Crippen LogP contribution in [0.1, 0.15) is 30.0 Å².